The molecule has 0 saturated heterocycles. The average molecular weight is 413 g/mol. The van der Waals surface area contributed by atoms with Gasteiger partial charge in [0, 0.05) is 48.8 Å². The maximum Gasteiger partial charge on any atom is 0.275 e. The number of halogens is 2. The highest BCUT2D eigenvalue weighted by Gasteiger charge is 2.37. The molecule has 7 heteroatoms. The number of aryl methyl sites for hydroxylation is 1. The Labute approximate surface area is 174 Å². The van der Waals surface area contributed by atoms with Crippen molar-refractivity contribution in [1.29, 1.82) is 0 Å². The number of aromatic nitrogens is 1. The largest absolute Gasteiger partial charge is 0.394 e. The zero-order chi connectivity index (χ0) is 21.3. The lowest BCUT2D eigenvalue weighted by atomic mass is 10.0. The molecule has 2 heterocycles. The van der Waals surface area contributed by atoms with Gasteiger partial charge >= 0.3 is 0 Å². The zero-order valence-corrected chi connectivity index (χ0v) is 16.8. The van der Waals surface area contributed by atoms with Crippen LogP contribution in [0.25, 0.3) is 10.9 Å². The van der Waals surface area contributed by atoms with Crippen LogP contribution in [0.1, 0.15) is 23.1 Å². The molecule has 3 N–H and O–H groups in total. The number of hydrogen-bond donors (Lipinski definition) is 3. The van der Waals surface area contributed by atoms with Crippen LogP contribution in [0.2, 0.25) is 0 Å². The highest BCUT2D eigenvalue weighted by molar-refractivity contribution is 5.95. The Bertz CT molecular complexity index is 1060. The summed E-state index contributed by atoms with van der Waals surface area (Å²) in [4.78, 5) is 6.67. The first-order valence-electron chi connectivity index (χ1n) is 10.0. The van der Waals surface area contributed by atoms with Crippen molar-refractivity contribution in [3.8, 4) is 0 Å². The Balaban J connectivity index is 1.76. The fraction of sp³-hybridized carbons (Fsp3) is 0.348. The van der Waals surface area contributed by atoms with Crippen LogP contribution in [0, 0.1) is 6.92 Å². The van der Waals surface area contributed by atoms with Crippen molar-refractivity contribution in [3.63, 3.8) is 0 Å². The second-order valence-corrected chi connectivity index (χ2v) is 7.75. The minimum Gasteiger partial charge on any atom is -0.394 e. The molecule has 4 rings (SSSR count). The second kappa shape index (κ2) is 8.16. The number of benzene rings is 2. The van der Waals surface area contributed by atoms with Crippen LogP contribution in [0.4, 0.5) is 20.3 Å². The van der Waals surface area contributed by atoms with Gasteiger partial charge < -0.3 is 20.4 Å². The Kier molecular flexibility index (Phi) is 5.58. The average Bonchev–Trinajstić information content (AvgIpc) is 2.88. The SMILES string of the molecule is Cc1cccc2c(NCC(O)CO)cc(N3CCC(F)(F)c4ccccc4C3)nc12. The van der Waals surface area contributed by atoms with Gasteiger partial charge in [-0.25, -0.2) is 13.8 Å². The van der Waals surface area contributed by atoms with Gasteiger partial charge in [0.05, 0.1) is 18.2 Å². The van der Waals surface area contributed by atoms with E-state index < -0.39 is 12.0 Å². The molecule has 1 aliphatic heterocycles. The Morgan fingerprint density at radius 1 is 1.20 bits per heavy atom. The van der Waals surface area contributed by atoms with Gasteiger partial charge in [-0.3, -0.25) is 0 Å². The van der Waals surface area contributed by atoms with E-state index in [0.717, 1.165) is 22.2 Å². The van der Waals surface area contributed by atoms with Crippen molar-refractivity contribution in [2.45, 2.75) is 31.9 Å². The second-order valence-electron chi connectivity index (χ2n) is 7.75. The van der Waals surface area contributed by atoms with E-state index in [1.165, 1.54) is 6.07 Å². The normalized spacial score (nSPS) is 16.8. The standard InChI is InChI=1S/C23H25F2N3O2/c1-15-5-4-7-18-20(26-12-17(30)14-29)11-21(27-22(15)18)28-10-9-23(24,25)19-8-3-2-6-16(19)13-28/h2-8,11,17,29-30H,9-10,12-14H2,1H3,(H,26,27). The molecule has 1 aliphatic rings. The number of aliphatic hydroxyl groups excluding tert-OH is 2. The van der Waals surface area contributed by atoms with Crippen LogP contribution < -0.4 is 10.2 Å². The maximum atomic E-state index is 14.7. The first kappa shape index (κ1) is 20.5. The van der Waals surface area contributed by atoms with Crippen molar-refractivity contribution in [2.75, 3.05) is 29.9 Å². The number of alkyl halides is 2. The first-order valence-corrected chi connectivity index (χ1v) is 10.0. The number of hydrogen-bond acceptors (Lipinski definition) is 5. The predicted octanol–water partition coefficient (Wildman–Crippen LogP) is 3.81. The molecule has 0 bridgehead atoms. The molecule has 0 amide bonds. The van der Waals surface area contributed by atoms with E-state index in [-0.39, 0.29) is 31.7 Å². The maximum absolute atomic E-state index is 14.7. The van der Waals surface area contributed by atoms with Gasteiger partial charge in [-0.2, -0.15) is 0 Å². The highest BCUT2D eigenvalue weighted by atomic mass is 19.3. The molecule has 5 nitrogen and oxygen atoms in total. The van der Waals surface area contributed by atoms with Crippen LogP contribution in [-0.2, 0) is 12.5 Å². The summed E-state index contributed by atoms with van der Waals surface area (Å²) >= 11 is 0. The van der Waals surface area contributed by atoms with E-state index in [4.69, 9.17) is 10.1 Å². The van der Waals surface area contributed by atoms with Gasteiger partial charge in [-0.15, -0.1) is 0 Å². The molecule has 30 heavy (non-hydrogen) atoms. The van der Waals surface area contributed by atoms with Crippen molar-refractivity contribution in [1.82, 2.24) is 4.98 Å². The molecule has 1 atom stereocenters. The van der Waals surface area contributed by atoms with Gasteiger partial charge in [0.1, 0.15) is 5.82 Å². The third-order valence-corrected chi connectivity index (χ3v) is 5.56. The summed E-state index contributed by atoms with van der Waals surface area (Å²) in [5, 5.41) is 22.9. The predicted molar refractivity (Wildman–Crippen MR) is 114 cm³/mol. The summed E-state index contributed by atoms with van der Waals surface area (Å²) in [5.74, 6) is -2.28. The van der Waals surface area contributed by atoms with Gasteiger partial charge in [0.25, 0.3) is 5.92 Å². The van der Waals surface area contributed by atoms with Crippen molar-refractivity contribution >= 4 is 22.4 Å². The summed E-state index contributed by atoms with van der Waals surface area (Å²) in [6, 6.07) is 14.3. The van der Waals surface area contributed by atoms with Crippen LogP contribution >= 0.6 is 0 Å². The zero-order valence-electron chi connectivity index (χ0n) is 16.8. The molecule has 0 saturated carbocycles. The number of para-hydroxylation sites is 1. The number of fused-ring (bicyclic) bond motifs is 2. The third kappa shape index (κ3) is 3.95. The van der Waals surface area contributed by atoms with Crippen molar-refractivity contribution in [3.05, 3.63) is 65.2 Å². The minimum atomic E-state index is -2.88. The van der Waals surface area contributed by atoms with Crippen LogP contribution in [-0.4, -0.2) is 41.0 Å². The first-order chi connectivity index (χ1) is 14.4. The number of nitrogens with zero attached hydrogens (tertiary/aromatic N) is 2. The number of nitrogens with one attached hydrogen (secondary N) is 1. The van der Waals surface area contributed by atoms with E-state index in [9.17, 15) is 13.9 Å². The quantitative estimate of drug-likeness (QED) is 0.594. The van der Waals surface area contributed by atoms with E-state index in [1.54, 1.807) is 18.2 Å². The van der Waals surface area contributed by atoms with E-state index in [1.807, 2.05) is 36.1 Å². The lowest BCUT2D eigenvalue weighted by Crippen LogP contribution is -2.26. The van der Waals surface area contributed by atoms with Crippen molar-refractivity contribution in [2.24, 2.45) is 0 Å². The van der Waals surface area contributed by atoms with Gasteiger partial charge in [0.15, 0.2) is 0 Å². The Morgan fingerprint density at radius 3 is 2.80 bits per heavy atom. The molecule has 1 unspecified atom stereocenters. The number of anilines is 2. The lowest BCUT2D eigenvalue weighted by molar-refractivity contribution is -0.00967. The van der Waals surface area contributed by atoms with Gasteiger partial charge in [0.2, 0.25) is 0 Å². The monoisotopic (exact) mass is 413 g/mol. The summed E-state index contributed by atoms with van der Waals surface area (Å²) in [5.41, 5.74) is 3.17. The molecule has 1 aromatic heterocycles. The lowest BCUT2D eigenvalue weighted by Gasteiger charge is -2.24. The Morgan fingerprint density at radius 2 is 2.00 bits per heavy atom. The molecule has 3 aromatic rings. The summed E-state index contributed by atoms with van der Waals surface area (Å²) < 4.78 is 29.4. The van der Waals surface area contributed by atoms with Gasteiger partial charge in [-0.1, -0.05) is 42.5 Å². The Hall–Kier alpha value is -2.77. The van der Waals surface area contributed by atoms with E-state index in [2.05, 4.69) is 5.32 Å². The fourth-order valence-corrected chi connectivity index (χ4v) is 3.88. The molecule has 0 radical (unpaired) electrons. The molecule has 158 valence electrons. The molecule has 0 fully saturated rings. The van der Waals surface area contributed by atoms with Crippen LogP contribution in [0.3, 0.4) is 0 Å². The number of aliphatic hydroxyl groups is 2. The summed E-state index contributed by atoms with van der Waals surface area (Å²) in [7, 11) is 0. The fourth-order valence-electron chi connectivity index (χ4n) is 3.88. The summed E-state index contributed by atoms with van der Waals surface area (Å²) in [6.45, 7) is 2.29. The molecular weight excluding hydrogens is 388 g/mol. The van der Waals surface area contributed by atoms with E-state index >= 15 is 0 Å². The minimum absolute atomic E-state index is 0.0777. The van der Waals surface area contributed by atoms with Crippen LogP contribution in [0.15, 0.2) is 48.5 Å². The van der Waals surface area contributed by atoms with Crippen molar-refractivity contribution < 1.29 is 19.0 Å². The summed E-state index contributed by atoms with van der Waals surface area (Å²) in [6.07, 6.45) is -1.19. The number of rotatable bonds is 5. The molecule has 0 aliphatic carbocycles. The highest BCUT2D eigenvalue weighted by Crippen LogP contribution is 2.39. The van der Waals surface area contributed by atoms with Crippen LogP contribution in [0.5, 0.6) is 0 Å². The molecular formula is C23H25F2N3O2. The van der Waals surface area contributed by atoms with Gasteiger partial charge in [-0.05, 0) is 18.1 Å². The molecule has 0 spiro atoms. The third-order valence-electron chi connectivity index (χ3n) is 5.56. The smallest absolute Gasteiger partial charge is 0.275 e. The topological polar surface area (TPSA) is 68.6 Å². The number of pyridine rings is 1. The van der Waals surface area contributed by atoms with E-state index in [0.29, 0.717) is 17.9 Å². The molecule has 2 aromatic carbocycles.